The third-order valence-electron chi connectivity index (χ3n) is 5.64. The zero-order valence-corrected chi connectivity index (χ0v) is 17.2. The second kappa shape index (κ2) is 8.74. The number of fused-ring (bicyclic) bond motifs is 1. The summed E-state index contributed by atoms with van der Waals surface area (Å²) >= 11 is 0. The van der Waals surface area contributed by atoms with Gasteiger partial charge in [-0.15, -0.1) is 0 Å². The summed E-state index contributed by atoms with van der Waals surface area (Å²) in [4.78, 5) is 17.2. The fourth-order valence-corrected chi connectivity index (χ4v) is 3.97. The standard InChI is InChI=1S/C23H29N3O3/c1-17-5-3-4-6-20(17)26-11-9-25(10-12-26)16-23(27)24-18(2)19-7-8-21-22(15-19)29-14-13-28-21/h3-8,15,18H,9-14,16H2,1-2H3,(H,24,27). The molecule has 6 nitrogen and oxygen atoms in total. The molecule has 0 bridgehead atoms. The highest BCUT2D eigenvalue weighted by molar-refractivity contribution is 5.78. The molecule has 154 valence electrons. The summed E-state index contributed by atoms with van der Waals surface area (Å²) in [5.41, 5.74) is 3.61. The van der Waals surface area contributed by atoms with Crippen LogP contribution in [0.3, 0.4) is 0 Å². The number of carbonyl (C=O) groups is 1. The van der Waals surface area contributed by atoms with Gasteiger partial charge in [-0.2, -0.15) is 0 Å². The number of ether oxygens (including phenoxy) is 2. The minimum Gasteiger partial charge on any atom is -0.486 e. The van der Waals surface area contributed by atoms with Gasteiger partial charge in [-0.25, -0.2) is 0 Å². The number of aryl methyl sites for hydroxylation is 1. The normalized spacial score (nSPS) is 17.7. The number of hydrogen-bond donors (Lipinski definition) is 1. The van der Waals surface area contributed by atoms with Gasteiger partial charge < -0.3 is 19.7 Å². The quantitative estimate of drug-likeness (QED) is 0.844. The van der Waals surface area contributed by atoms with E-state index >= 15 is 0 Å². The molecule has 2 aromatic carbocycles. The van der Waals surface area contributed by atoms with Crippen molar-refractivity contribution >= 4 is 11.6 Å². The Hall–Kier alpha value is -2.73. The molecule has 1 fully saturated rings. The largest absolute Gasteiger partial charge is 0.486 e. The number of carbonyl (C=O) groups excluding carboxylic acids is 1. The Labute approximate surface area is 172 Å². The van der Waals surface area contributed by atoms with E-state index in [-0.39, 0.29) is 11.9 Å². The lowest BCUT2D eigenvalue weighted by Gasteiger charge is -2.36. The third-order valence-corrected chi connectivity index (χ3v) is 5.64. The molecule has 1 amide bonds. The molecule has 0 spiro atoms. The summed E-state index contributed by atoms with van der Waals surface area (Å²) in [5.74, 6) is 1.57. The first-order valence-corrected chi connectivity index (χ1v) is 10.3. The molecule has 29 heavy (non-hydrogen) atoms. The minimum atomic E-state index is -0.0772. The van der Waals surface area contributed by atoms with Crippen molar-refractivity contribution in [3.05, 3.63) is 53.6 Å². The summed E-state index contributed by atoms with van der Waals surface area (Å²) in [6, 6.07) is 14.3. The Morgan fingerprint density at radius 2 is 1.76 bits per heavy atom. The van der Waals surface area contributed by atoms with Gasteiger partial charge in [0.25, 0.3) is 0 Å². The summed E-state index contributed by atoms with van der Waals surface area (Å²) in [5, 5.41) is 3.11. The van der Waals surface area contributed by atoms with E-state index in [2.05, 4.69) is 46.3 Å². The number of rotatable bonds is 5. The van der Waals surface area contributed by atoms with Gasteiger partial charge in [-0.3, -0.25) is 9.69 Å². The summed E-state index contributed by atoms with van der Waals surface area (Å²) in [7, 11) is 0. The molecule has 0 radical (unpaired) electrons. The molecule has 6 heteroatoms. The van der Waals surface area contributed by atoms with E-state index in [9.17, 15) is 4.79 Å². The Kier molecular flexibility index (Phi) is 5.90. The number of para-hydroxylation sites is 1. The molecule has 2 aliphatic rings. The molecule has 2 heterocycles. The first-order valence-electron chi connectivity index (χ1n) is 10.3. The summed E-state index contributed by atoms with van der Waals surface area (Å²) in [6.07, 6.45) is 0. The van der Waals surface area contributed by atoms with E-state index in [1.807, 2.05) is 25.1 Å². The van der Waals surface area contributed by atoms with E-state index in [4.69, 9.17) is 9.47 Å². The zero-order valence-electron chi connectivity index (χ0n) is 17.2. The molecule has 1 N–H and O–H groups in total. The molecule has 1 atom stereocenters. The summed E-state index contributed by atoms with van der Waals surface area (Å²) in [6.45, 7) is 9.37. The van der Waals surface area contributed by atoms with Crippen LogP contribution in [0.2, 0.25) is 0 Å². The molecule has 0 aliphatic carbocycles. The molecule has 2 aromatic rings. The van der Waals surface area contributed by atoms with Crippen molar-refractivity contribution in [3.63, 3.8) is 0 Å². The zero-order chi connectivity index (χ0) is 20.2. The second-order valence-corrected chi connectivity index (χ2v) is 7.74. The number of anilines is 1. The number of piperazine rings is 1. The maximum absolute atomic E-state index is 12.6. The van der Waals surface area contributed by atoms with E-state index in [0.717, 1.165) is 43.2 Å². The van der Waals surface area contributed by atoms with E-state index in [0.29, 0.717) is 19.8 Å². The van der Waals surface area contributed by atoms with Crippen LogP contribution in [0.1, 0.15) is 24.1 Å². The van der Waals surface area contributed by atoms with Gasteiger partial charge in [0.05, 0.1) is 12.6 Å². The monoisotopic (exact) mass is 395 g/mol. The first-order chi connectivity index (χ1) is 14.1. The number of amides is 1. The Bertz CT molecular complexity index is 862. The van der Waals surface area contributed by atoms with Gasteiger partial charge in [0.15, 0.2) is 11.5 Å². The van der Waals surface area contributed by atoms with Crippen molar-refractivity contribution in [3.8, 4) is 11.5 Å². The fourth-order valence-electron chi connectivity index (χ4n) is 3.97. The number of nitrogens with one attached hydrogen (secondary N) is 1. The topological polar surface area (TPSA) is 54.0 Å². The van der Waals surface area contributed by atoms with Crippen molar-refractivity contribution in [2.24, 2.45) is 0 Å². The van der Waals surface area contributed by atoms with Crippen LogP contribution < -0.4 is 19.7 Å². The fraction of sp³-hybridized carbons (Fsp3) is 0.435. The average molecular weight is 396 g/mol. The van der Waals surface area contributed by atoms with Crippen LogP contribution in [-0.4, -0.2) is 56.7 Å². The van der Waals surface area contributed by atoms with Gasteiger partial charge >= 0.3 is 0 Å². The molecule has 0 saturated carbocycles. The van der Waals surface area contributed by atoms with Crippen molar-refractivity contribution in [1.82, 2.24) is 10.2 Å². The molecule has 0 aromatic heterocycles. The molecule has 2 aliphatic heterocycles. The molecule has 1 unspecified atom stereocenters. The highest BCUT2D eigenvalue weighted by Gasteiger charge is 2.21. The Morgan fingerprint density at radius 1 is 1.03 bits per heavy atom. The highest BCUT2D eigenvalue weighted by Crippen LogP contribution is 2.32. The van der Waals surface area contributed by atoms with Crippen LogP contribution in [0.15, 0.2) is 42.5 Å². The maximum atomic E-state index is 12.6. The van der Waals surface area contributed by atoms with Gasteiger partial charge in [0.1, 0.15) is 13.2 Å². The molecule has 1 saturated heterocycles. The highest BCUT2D eigenvalue weighted by atomic mass is 16.6. The molecular weight excluding hydrogens is 366 g/mol. The van der Waals surface area contributed by atoms with Crippen molar-refractivity contribution < 1.29 is 14.3 Å². The van der Waals surface area contributed by atoms with Crippen LogP contribution in [0.4, 0.5) is 5.69 Å². The number of hydrogen-bond acceptors (Lipinski definition) is 5. The van der Waals surface area contributed by atoms with Crippen molar-refractivity contribution in [2.75, 3.05) is 50.8 Å². The number of nitrogens with zero attached hydrogens (tertiary/aromatic N) is 2. The second-order valence-electron chi connectivity index (χ2n) is 7.74. The van der Waals surface area contributed by atoms with Crippen LogP contribution in [0.5, 0.6) is 11.5 Å². The van der Waals surface area contributed by atoms with Gasteiger partial charge in [0, 0.05) is 31.9 Å². The van der Waals surface area contributed by atoms with E-state index in [1.54, 1.807) is 0 Å². The van der Waals surface area contributed by atoms with Gasteiger partial charge in [-0.05, 0) is 43.2 Å². The SMILES string of the molecule is Cc1ccccc1N1CCN(CC(=O)NC(C)c2ccc3c(c2)OCCO3)CC1. The average Bonchev–Trinajstić information content (AvgIpc) is 2.74. The third kappa shape index (κ3) is 4.65. The first kappa shape index (κ1) is 19.6. The minimum absolute atomic E-state index is 0.0525. The van der Waals surface area contributed by atoms with Crippen LogP contribution >= 0.6 is 0 Å². The predicted molar refractivity (Wildman–Crippen MR) is 114 cm³/mol. The van der Waals surface area contributed by atoms with E-state index < -0.39 is 0 Å². The lowest BCUT2D eigenvalue weighted by atomic mass is 10.1. The van der Waals surface area contributed by atoms with Gasteiger partial charge in [-0.1, -0.05) is 24.3 Å². The Balaban J connectivity index is 1.27. The van der Waals surface area contributed by atoms with E-state index in [1.165, 1.54) is 11.3 Å². The molecule has 4 rings (SSSR count). The van der Waals surface area contributed by atoms with Crippen molar-refractivity contribution in [2.45, 2.75) is 19.9 Å². The predicted octanol–water partition coefficient (Wildman–Crippen LogP) is 2.77. The number of benzene rings is 2. The van der Waals surface area contributed by atoms with Crippen molar-refractivity contribution in [1.29, 1.82) is 0 Å². The lowest BCUT2D eigenvalue weighted by molar-refractivity contribution is -0.123. The Morgan fingerprint density at radius 3 is 2.52 bits per heavy atom. The lowest BCUT2D eigenvalue weighted by Crippen LogP contribution is -2.49. The molecular formula is C23H29N3O3. The maximum Gasteiger partial charge on any atom is 0.234 e. The van der Waals surface area contributed by atoms with Crippen LogP contribution in [0.25, 0.3) is 0 Å². The smallest absolute Gasteiger partial charge is 0.234 e. The van der Waals surface area contributed by atoms with Gasteiger partial charge in [0.2, 0.25) is 5.91 Å². The van der Waals surface area contributed by atoms with Crippen LogP contribution in [-0.2, 0) is 4.79 Å². The van der Waals surface area contributed by atoms with Crippen LogP contribution in [0, 0.1) is 6.92 Å². The summed E-state index contributed by atoms with van der Waals surface area (Å²) < 4.78 is 11.2.